The molecule has 0 radical (unpaired) electrons. The van der Waals surface area contributed by atoms with Crippen LogP contribution >= 0.6 is 11.3 Å². The zero-order valence-electron chi connectivity index (χ0n) is 17.8. The number of amides is 2. The monoisotopic (exact) mass is 433 g/mol. The molecule has 1 aliphatic rings. The Balaban J connectivity index is 2.11. The number of aryl methyl sites for hydroxylation is 2. The van der Waals surface area contributed by atoms with Crippen molar-refractivity contribution < 1.29 is 19.2 Å². The van der Waals surface area contributed by atoms with Crippen LogP contribution in [0.4, 0.5) is 5.00 Å². The lowest BCUT2D eigenvalue weighted by Crippen LogP contribution is -2.31. The van der Waals surface area contributed by atoms with Crippen LogP contribution in [0.2, 0.25) is 0 Å². The molecule has 10 heteroatoms. The summed E-state index contributed by atoms with van der Waals surface area (Å²) in [5.41, 5.74) is 3.27. The predicted octanol–water partition coefficient (Wildman–Crippen LogP) is 2.06. The second kappa shape index (κ2) is 8.97. The van der Waals surface area contributed by atoms with E-state index in [1.807, 2.05) is 13.8 Å². The molecule has 0 atom stereocenters. The summed E-state index contributed by atoms with van der Waals surface area (Å²) in [6.45, 7) is 8.33. The number of H-pyrrole nitrogens is 1. The standard InChI is InChI=1S/C20H27N5O4S/c1-10(2)7-22-19-17(18(27)21-5)16(20(28)25-8-13(26)9-29-25)15(30-19)6-14-11(3)23-24-12(14)4/h10,22H,6-9H2,1-5H3,(H,21,27)(H,23,24). The maximum absolute atomic E-state index is 13.3. The minimum atomic E-state index is -0.484. The first-order valence-corrected chi connectivity index (χ1v) is 10.6. The van der Waals surface area contributed by atoms with E-state index in [0.717, 1.165) is 26.9 Å². The maximum Gasteiger partial charge on any atom is 0.279 e. The van der Waals surface area contributed by atoms with Gasteiger partial charge in [0.25, 0.3) is 11.8 Å². The van der Waals surface area contributed by atoms with Crippen molar-refractivity contribution in [2.45, 2.75) is 34.1 Å². The topological polar surface area (TPSA) is 116 Å². The lowest BCUT2D eigenvalue weighted by atomic mass is 10.0. The third-order valence-electron chi connectivity index (χ3n) is 4.87. The third kappa shape index (κ3) is 4.39. The van der Waals surface area contributed by atoms with Gasteiger partial charge in [0.05, 0.1) is 16.8 Å². The summed E-state index contributed by atoms with van der Waals surface area (Å²) in [4.78, 5) is 43.8. The first-order chi connectivity index (χ1) is 14.2. The molecule has 0 aromatic carbocycles. The van der Waals surface area contributed by atoms with Gasteiger partial charge in [-0.05, 0) is 19.8 Å². The van der Waals surface area contributed by atoms with Gasteiger partial charge in [-0.1, -0.05) is 13.8 Å². The second-order valence-electron chi connectivity index (χ2n) is 7.70. The number of carbonyl (C=O) groups is 3. The number of Topliss-reactive ketones (excluding diaryl/α,β-unsaturated/α-hetero) is 1. The number of thiophene rings is 1. The quantitative estimate of drug-likeness (QED) is 0.615. The molecule has 2 amide bonds. The molecule has 0 aliphatic carbocycles. The SMILES string of the molecule is CNC(=O)c1c(NCC(C)C)sc(Cc2c(C)n[nH]c2C)c1C(=O)N1CC(=O)CO1. The second-order valence-corrected chi connectivity index (χ2v) is 8.81. The molecular weight excluding hydrogens is 406 g/mol. The van der Waals surface area contributed by atoms with Gasteiger partial charge in [0.15, 0.2) is 5.78 Å². The molecule has 1 fully saturated rings. The highest BCUT2D eigenvalue weighted by Crippen LogP contribution is 2.37. The van der Waals surface area contributed by atoms with E-state index in [1.165, 1.54) is 18.4 Å². The van der Waals surface area contributed by atoms with Crippen molar-refractivity contribution in [3.63, 3.8) is 0 Å². The lowest BCUT2D eigenvalue weighted by Gasteiger charge is -2.15. The number of anilines is 1. The van der Waals surface area contributed by atoms with E-state index in [9.17, 15) is 14.4 Å². The number of hydrogen-bond acceptors (Lipinski definition) is 7. The van der Waals surface area contributed by atoms with Gasteiger partial charge in [-0.15, -0.1) is 11.3 Å². The number of aromatic amines is 1. The summed E-state index contributed by atoms with van der Waals surface area (Å²) >= 11 is 1.37. The molecule has 0 spiro atoms. The summed E-state index contributed by atoms with van der Waals surface area (Å²) < 4.78 is 0. The Morgan fingerprint density at radius 2 is 2.03 bits per heavy atom. The molecule has 1 aliphatic heterocycles. The highest BCUT2D eigenvalue weighted by atomic mass is 32.1. The van der Waals surface area contributed by atoms with Gasteiger partial charge < -0.3 is 10.6 Å². The molecule has 3 N–H and O–H groups in total. The van der Waals surface area contributed by atoms with Crippen LogP contribution in [0.25, 0.3) is 0 Å². The van der Waals surface area contributed by atoms with Crippen molar-refractivity contribution in [1.82, 2.24) is 20.6 Å². The van der Waals surface area contributed by atoms with E-state index < -0.39 is 5.91 Å². The molecule has 9 nitrogen and oxygen atoms in total. The Labute approximate surface area is 179 Å². The molecule has 2 aromatic rings. The van der Waals surface area contributed by atoms with Crippen LogP contribution in [0, 0.1) is 19.8 Å². The summed E-state index contributed by atoms with van der Waals surface area (Å²) in [7, 11) is 1.53. The molecular formula is C20H27N5O4S. The van der Waals surface area contributed by atoms with Gasteiger partial charge in [0.2, 0.25) is 0 Å². The number of rotatable bonds is 7. The van der Waals surface area contributed by atoms with Gasteiger partial charge in [0.1, 0.15) is 18.2 Å². The first-order valence-electron chi connectivity index (χ1n) is 9.81. The van der Waals surface area contributed by atoms with Gasteiger partial charge in [-0.25, -0.2) is 5.06 Å². The van der Waals surface area contributed by atoms with Crippen molar-refractivity contribution in [3.05, 3.63) is 33.0 Å². The number of hydrogen-bond donors (Lipinski definition) is 3. The number of nitrogens with one attached hydrogen (secondary N) is 3. The van der Waals surface area contributed by atoms with E-state index in [2.05, 4.69) is 34.7 Å². The molecule has 0 bridgehead atoms. The summed E-state index contributed by atoms with van der Waals surface area (Å²) in [5.74, 6) is -0.674. The normalized spacial score (nSPS) is 13.9. The van der Waals surface area contributed by atoms with Crippen molar-refractivity contribution in [2.24, 2.45) is 5.92 Å². The third-order valence-corrected chi connectivity index (χ3v) is 6.01. The molecule has 1 saturated heterocycles. The van der Waals surface area contributed by atoms with Crippen LogP contribution in [-0.2, 0) is 16.1 Å². The van der Waals surface area contributed by atoms with E-state index in [-0.39, 0.29) is 36.0 Å². The fourth-order valence-electron chi connectivity index (χ4n) is 3.24. The minimum absolute atomic E-state index is 0.125. The van der Waals surface area contributed by atoms with E-state index in [4.69, 9.17) is 4.84 Å². The average molecular weight is 434 g/mol. The van der Waals surface area contributed by atoms with E-state index in [1.54, 1.807) is 0 Å². The molecule has 3 rings (SSSR count). The molecule has 162 valence electrons. The smallest absolute Gasteiger partial charge is 0.279 e. The van der Waals surface area contributed by atoms with Crippen LogP contribution < -0.4 is 10.6 Å². The zero-order valence-corrected chi connectivity index (χ0v) is 18.7. The van der Waals surface area contributed by atoms with Crippen LogP contribution in [0.3, 0.4) is 0 Å². The van der Waals surface area contributed by atoms with Crippen molar-refractivity contribution in [2.75, 3.05) is 32.1 Å². The van der Waals surface area contributed by atoms with Crippen LogP contribution in [0.5, 0.6) is 0 Å². The molecule has 2 aromatic heterocycles. The predicted molar refractivity (Wildman–Crippen MR) is 114 cm³/mol. The van der Waals surface area contributed by atoms with Crippen LogP contribution in [-0.4, -0.2) is 59.6 Å². The molecule has 0 unspecified atom stereocenters. The number of nitrogens with zero attached hydrogens (tertiary/aromatic N) is 2. The summed E-state index contributed by atoms with van der Waals surface area (Å²) in [5, 5.41) is 14.8. The highest BCUT2D eigenvalue weighted by molar-refractivity contribution is 7.17. The number of hydroxylamine groups is 2. The Morgan fingerprint density at radius 1 is 1.30 bits per heavy atom. The Kier molecular flexibility index (Phi) is 6.57. The molecule has 0 saturated carbocycles. The average Bonchev–Trinajstić information content (AvgIpc) is 3.38. The van der Waals surface area contributed by atoms with E-state index >= 15 is 0 Å². The summed E-state index contributed by atoms with van der Waals surface area (Å²) in [6.07, 6.45) is 0.440. The van der Waals surface area contributed by atoms with Crippen LogP contribution in [0.1, 0.15) is 56.4 Å². The van der Waals surface area contributed by atoms with Crippen molar-refractivity contribution in [3.8, 4) is 0 Å². The number of carbonyl (C=O) groups excluding carboxylic acids is 3. The molecule has 30 heavy (non-hydrogen) atoms. The Morgan fingerprint density at radius 3 is 2.57 bits per heavy atom. The van der Waals surface area contributed by atoms with Gasteiger partial charge in [0, 0.05) is 36.1 Å². The highest BCUT2D eigenvalue weighted by Gasteiger charge is 2.34. The lowest BCUT2D eigenvalue weighted by molar-refractivity contribution is -0.117. The van der Waals surface area contributed by atoms with Gasteiger partial charge in [-0.3, -0.25) is 24.3 Å². The first kappa shape index (κ1) is 22.0. The van der Waals surface area contributed by atoms with Gasteiger partial charge >= 0.3 is 0 Å². The molecule has 3 heterocycles. The maximum atomic E-state index is 13.3. The summed E-state index contributed by atoms with van der Waals surface area (Å²) in [6, 6.07) is 0. The number of ketones is 1. The fraction of sp³-hybridized carbons (Fsp3) is 0.500. The fourth-order valence-corrected chi connectivity index (χ4v) is 4.45. The Hall–Kier alpha value is -2.72. The Bertz CT molecular complexity index is 959. The van der Waals surface area contributed by atoms with Crippen LogP contribution in [0.15, 0.2) is 0 Å². The zero-order chi connectivity index (χ0) is 22.0. The van der Waals surface area contributed by atoms with Crippen molar-refractivity contribution in [1.29, 1.82) is 0 Å². The number of aromatic nitrogens is 2. The van der Waals surface area contributed by atoms with Crippen molar-refractivity contribution >= 4 is 33.9 Å². The van der Waals surface area contributed by atoms with Gasteiger partial charge in [-0.2, -0.15) is 5.10 Å². The van der Waals surface area contributed by atoms with E-state index in [0.29, 0.717) is 23.9 Å². The minimum Gasteiger partial charge on any atom is -0.376 e. The largest absolute Gasteiger partial charge is 0.376 e.